The molecule has 0 atom stereocenters. The second kappa shape index (κ2) is 9.73. The van der Waals surface area contributed by atoms with E-state index in [4.69, 9.17) is 0 Å². The van der Waals surface area contributed by atoms with Crippen LogP contribution in [0.1, 0.15) is 11.1 Å². The van der Waals surface area contributed by atoms with Gasteiger partial charge in [-0.05, 0) is 47.9 Å². The molecule has 0 saturated heterocycles. The smallest absolute Gasteiger partial charge is 0.319 e. The van der Waals surface area contributed by atoms with Crippen molar-refractivity contribution in [3.63, 3.8) is 0 Å². The molecule has 0 spiro atoms. The maximum atomic E-state index is 13.6. The third kappa shape index (κ3) is 6.11. The Kier molecular flexibility index (Phi) is 6.82. The average Bonchev–Trinajstić information content (AvgIpc) is 2.69. The van der Waals surface area contributed by atoms with Crippen LogP contribution in [-0.4, -0.2) is 17.6 Å². The van der Waals surface area contributed by atoms with Gasteiger partial charge >= 0.3 is 6.03 Å². The minimum absolute atomic E-state index is 0.252. The Morgan fingerprint density at radius 2 is 1.89 bits per heavy atom. The fourth-order valence-corrected chi connectivity index (χ4v) is 3.32. The molecule has 1 aromatic heterocycles. The highest BCUT2D eigenvalue weighted by Crippen LogP contribution is 2.22. The highest BCUT2D eigenvalue weighted by Gasteiger charge is 2.05. The zero-order valence-electron chi connectivity index (χ0n) is 14.7. The largest absolute Gasteiger partial charge is 0.338 e. The molecule has 0 radical (unpaired) electrons. The lowest BCUT2D eigenvalue weighted by Gasteiger charge is -2.09. The van der Waals surface area contributed by atoms with Crippen LogP contribution in [0.3, 0.4) is 0 Å². The number of amides is 2. The number of hydrogen-bond donors (Lipinski definition) is 2. The average molecular weight is 381 g/mol. The van der Waals surface area contributed by atoms with Crippen LogP contribution in [0.25, 0.3) is 0 Å². The first-order valence-corrected chi connectivity index (χ1v) is 9.60. The maximum absolute atomic E-state index is 13.6. The van der Waals surface area contributed by atoms with Crippen molar-refractivity contribution >= 4 is 23.5 Å². The molecule has 0 bridgehead atoms. The van der Waals surface area contributed by atoms with Crippen LogP contribution in [0.15, 0.2) is 78.0 Å². The van der Waals surface area contributed by atoms with Gasteiger partial charge in [0.2, 0.25) is 0 Å². The first kappa shape index (κ1) is 18.9. The van der Waals surface area contributed by atoms with Gasteiger partial charge in [0.05, 0.1) is 5.03 Å². The number of nitrogens with one attached hydrogen (secondary N) is 2. The number of anilines is 1. The van der Waals surface area contributed by atoms with E-state index in [-0.39, 0.29) is 11.8 Å². The zero-order chi connectivity index (χ0) is 18.9. The molecule has 4 nitrogen and oxygen atoms in total. The fourth-order valence-electron chi connectivity index (χ4n) is 2.52. The van der Waals surface area contributed by atoms with Crippen LogP contribution in [0.2, 0.25) is 0 Å². The van der Waals surface area contributed by atoms with Gasteiger partial charge < -0.3 is 10.6 Å². The number of aromatic nitrogens is 1. The number of nitrogens with zero attached hydrogens (tertiary/aromatic N) is 1. The Morgan fingerprint density at radius 3 is 2.70 bits per heavy atom. The molecular formula is C21H20FN3OS. The summed E-state index contributed by atoms with van der Waals surface area (Å²) in [4.78, 5) is 16.3. The fraction of sp³-hybridized carbons (Fsp3) is 0.143. The molecule has 2 N–H and O–H groups in total. The highest BCUT2D eigenvalue weighted by molar-refractivity contribution is 7.98. The van der Waals surface area contributed by atoms with Crippen molar-refractivity contribution < 1.29 is 9.18 Å². The number of hydrogen-bond acceptors (Lipinski definition) is 3. The highest BCUT2D eigenvalue weighted by atomic mass is 32.2. The van der Waals surface area contributed by atoms with Crippen LogP contribution in [0.4, 0.5) is 14.9 Å². The number of carbonyl (C=O) groups is 1. The lowest BCUT2D eigenvalue weighted by Crippen LogP contribution is -2.30. The molecule has 1 heterocycles. The molecule has 2 aromatic carbocycles. The summed E-state index contributed by atoms with van der Waals surface area (Å²) in [6.07, 6.45) is 2.22. The first-order chi connectivity index (χ1) is 13.2. The van der Waals surface area contributed by atoms with Gasteiger partial charge in [0.1, 0.15) is 5.82 Å². The van der Waals surface area contributed by atoms with Crippen LogP contribution in [-0.2, 0) is 12.2 Å². The normalized spacial score (nSPS) is 10.4. The maximum Gasteiger partial charge on any atom is 0.319 e. The topological polar surface area (TPSA) is 54.0 Å². The number of benzene rings is 2. The van der Waals surface area contributed by atoms with E-state index in [1.54, 1.807) is 36.2 Å². The Balaban J connectivity index is 1.47. The number of pyridine rings is 1. The predicted molar refractivity (Wildman–Crippen MR) is 107 cm³/mol. The van der Waals surface area contributed by atoms with Gasteiger partial charge in [0, 0.05) is 24.2 Å². The van der Waals surface area contributed by atoms with Crippen LogP contribution >= 0.6 is 11.8 Å². The van der Waals surface area contributed by atoms with E-state index in [2.05, 4.69) is 15.6 Å². The molecule has 0 aliphatic rings. The van der Waals surface area contributed by atoms with Crippen molar-refractivity contribution in [3.05, 3.63) is 89.9 Å². The van der Waals surface area contributed by atoms with Gasteiger partial charge in [-0.15, -0.1) is 11.8 Å². The van der Waals surface area contributed by atoms with Crippen molar-refractivity contribution in [1.29, 1.82) is 0 Å². The van der Waals surface area contributed by atoms with Crippen molar-refractivity contribution in [1.82, 2.24) is 10.3 Å². The van der Waals surface area contributed by atoms with Gasteiger partial charge in [0.25, 0.3) is 0 Å². The molecule has 0 fully saturated rings. The molecule has 0 unspecified atom stereocenters. The summed E-state index contributed by atoms with van der Waals surface area (Å²) in [6.45, 7) is 0.363. The first-order valence-electron chi connectivity index (χ1n) is 8.62. The molecule has 0 aliphatic carbocycles. The van der Waals surface area contributed by atoms with Gasteiger partial charge in [-0.1, -0.05) is 36.4 Å². The number of halogens is 1. The molecule has 138 valence electrons. The Hall–Kier alpha value is -2.86. The molecule has 3 rings (SSSR count). The molecule has 0 saturated carbocycles. The second-order valence-corrected chi connectivity index (χ2v) is 6.87. The van der Waals surface area contributed by atoms with E-state index in [1.165, 1.54) is 6.07 Å². The summed E-state index contributed by atoms with van der Waals surface area (Å²) in [6, 6.07) is 19.8. The lowest BCUT2D eigenvalue weighted by molar-refractivity contribution is 0.252. The summed E-state index contributed by atoms with van der Waals surface area (Å²) < 4.78 is 13.6. The summed E-state index contributed by atoms with van der Waals surface area (Å²) in [5, 5.41) is 6.52. The SMILES string of the molecule is O=C(NCCc1ccccc1F)Nc1cccc(CSc2ccccn2)c1. The minimum atomic E-state index is -0.305. The second-order valence-electron chi connectivity index (χ2n) is 5.88. The van der Waals surface area contributed by atoms with E-state index in [1.807, 2.05) is 42.5 Å². The number of thioether (sulfide) groups is 1. The van der Waals surface area contributed by atoms with Gasteiger partial charge in [-0.25, -0.2) is 14.2 Å². The Labute approximate surface area is 162 Å². The number of rotatable bonds is 7. The summed E-state index contributed by atoms with van der Waals surface area (Å²) in [5.41, 5.74) is 2.40. The van der Waals surface area contributed by atoms with Crippen LogP contribution in [0.5, 0.6) is 0 Å². The molecule has 27 heavy (non-hydrogen) atoms. The zero-order valence-corrected chi connectivity index (χ0v) is 15.5. The van der Waals surface area contributed by atoms with Crippen molar-refractivity contribution in [3.8, 4) is 0 Å². The van der Waals surface area contributed by atoms with Gasteiger partial charge in [0.15, 0.2) is 0 Å². The molecular weight excluding hydrogens is 361 g/mol. The third-order valence-corrected chi connectivity index (χ3v) is 4.86. The lowest BCUT2D eigenvalue weighted by atomic mass is 10.1. The monoisotopic (exact) mass is 381 g/mol. The van der Waals surface area contributed by atoms with E-state index in [0.29, 0.717) is 18.5 Å². The van der Waals surface area contributed by atoms with Crippen molar-refractivity contribution in [2.45, 2.75) is 17.2 Å². The van der Waals surface area contributed by atoms with Gasteiger partial charge in [-0.3, -0.25) is 0 Å². The summed E-state index contributed by atoms with van der Waals surface area (Å²) >= 11 is 1.64. The Bertz CT molecular complexity index is 889. The van der Waals surface area contributed by atoms with Crippen LogP contribution < -0.4 is 10.6 Å². The van der Waals surface area contributed by atoms with E-state index in [0.717, 1.165) is 22.0 Å². The van der Waals surface area contributed by atoms with Gasteiger partial charge in [-0.2, -0.15) is 0 Å². The van der Waals surface area contributed by atoms with E-state index < -0.39 is 0 Å². The third-order valence-electron chi connectivity index (χ3n) is 3.85. The van der Waals surface area contributed by atoms with E-state index in [9.17, 15) is 9.18 Å². The quantitative estimate of drug-likeness (QED) is 0.574. The molecule has 0 aliphatic heterocycles. The van der Waals surface area contributed by atoms with E-state index >= 15 is 0 Å². The predicted octanol–water partition coefficient (Wildman–Crippen LogP) is 4.88. The molecule has 3 aromatic rings. The standard InChI is InChI=1S/C21H20FN3OS/c22-19-9-2-1-7-17(19)11-13-24-21(26)25-18-8-5-6-16(14-18)15-27-20-10-3-4-12-23-20/h1-10,12,14H,11,13,15H2,(H2,24,25,26). The summed E-state index contributed by atoms with van der Waals surface area (Å²) in [5.74, 6) is 0.513. The Morgan fingerprint density at radius 1 is 1.04 bits per heavy atom. The summed E-state index contributed by atoms with van der Waals surface area (Å²) in [7, 11) is 0. The van der Waals surface area contributed by atoms with Crippen molar-refractivity contribution in [2.24, 2.45) is 0 Å². The number of urea groups is 1. The number of carbonyl (C=O) groups excluding carboxylic acids is 1. The molecule has 6 heteroatoms. The van der Waals surface area contributed by atoms with Crippen molar-refractivity contribution in [2.75, 3.05) is 11.9 Å². The van der Waals surface area contributed by atoms with Crippen LogP contribution in [0, 0.1) is 5.82 Å². The molecule has 2 amide bonds. The minimum Gasteiger partial charge on any atom is -0.338 e.